The molecule has 0 saturated heterocycles. The maximum atomic E-state index is 6.07. The molecule has 4 aromatic carbocycles. The number of nitrogens with zero attached hydrogens (tertiary/aromatic N) is 1. The average Bonchev–Trinajstić information content (AvgIpc) is 2.67. The molecule has 1 aliphatic rings. The third-order valence-electron chi connectivity index (χ3n) is 4.83. The Hall–Kier alpha value is -3.00. The van der Waals surface area contributed by atoms with Gasteiger partial charge in [-0.15, -0.1) is 0 Å². The summed E-state index contributed by atoms with van der Waals surface area (Å²) in [6, 6.07) is 27.7. The van der Waals surface area contributed by atoms with Crippen LogP contribution in [0.4, 0.5) is 5.69 Å². The number of ether oxygens (including phenoxy) is 1. The van der Waals surface area contributed by atoms with Crippen molar-refractivity contribution in [2.45, 2.75) is 6.54 Å². The predicted molar refractivity (Wildman–Crippen MR) is 99.6 cm³/mol. The summed E-state index contributed by atoms with van der Waals surface area (Å²) in [5.41, 5.74) is 2.50. The first-order valence-corrected chi connectivity index (χ1v) is 8.26. The Balaban J connectivity index is 1.64. The van der Waals surface area contributed by atoms with E-state index in [1.165, 1.54) is 32.8 Å². The van der Waals surface area contributed by atoms with E-state index in [2.05, 4.69) is 83.8 Å². The highest BCUT2D eigenvalue weighted by Crippen LogP contribution is 2.36. The largest absolute Gasteiger partial charge is 0.473 e. The quantitative estimate of drug-likeness (QED) is 0.470. The molecule has 2 heteroatoms. The molecule has 0 radical (unpaired) electrons. The summed E-state index contributed by atoms with van der Waals surface area (Å²) >= 11 is 0. The van der Waals surface area contributed by atoms with E-state index >= 15 is 0 Å². The Morgan fingerprint density at radius 2 is 1.38 bits per heavy atom. The van der Waals surface area contributed by atoms with Crippen LogP contribution >= 0.6 is 0 Å². The van der Waals surface area contributed by atoms with Crippen LogP contribution in [0.3, 0.4) is 0 Å². The summed E-state index contributed by atoms with van der Waals surface area (Å²) in [5, 5.41) is 5.07. The van der Waals surface area contributed by atoms with Gasteiger partial charge in [0.25, 0.3) is 0 Å². The molecule has 0 N–H and O–H groups in total. The van der Waals surface area contributed by atoms with Crippen molar-refractivity contribution in [3.05, 3.63) is 84.4 Å². The van der Waals surface area contributed by atoms with Gasteiger partial charge >= 0.3 is 0 Å². The van der Waals surface area contributed by atoms with Gasteiger partial charge in [-0.2, -0.15) is 0 Å². The summed E-state index contributed by atoms with van der Waals surface area (Å²) in [5.74, 6) is 1.00. The first kappa shape index (κ1) is 13.4. The van der Waals surface area contributed by atoms with E-state index in [1.807, 2.05) is 0 Å². The lowest BCUT2D eigenvalue weighted by Crippen LogP contribution is -2.32. The molecule has 0 aromatic heterocycles. The van der Waals surface area contributed by atoms with Gasteiger partial charge in [-0.3, -0.25) is 0 Å². The normalized spacial score (nSPS) is 13.8. The standard InChI is InChI=1S/C22H17NO/c1-3-9-18-17(7-1)12-13-22-20(18)14-23(15-24-22)21-11-5-8-16-6-2-4-10-19(16)21/h1-13H,14-15H2. The number of rotatable bonds is 1. The molecule has 0 atom stereocenters. The zero-order valence-electron chi connectivity index (χ0n) is 13.3. The maximum absolute atomic E-state index is 6.07. The molecule has 4 aromatic rings. The van der Waals surface area contributed by atoms with E-state index in [0.717, 1.165) is 12.3 Å². The second kappa shape index (κ2) is 5.27. The maximum Gasteiger partial charge on any atom is 0.161 e. The molecule has 1 aliphatic heterocycles. The van der Waals surface area contributed by atoms with Gasteiger partial charge in [-0.1, -0.05) is 66.7 Å². The van der Waals surface area contributed by atoms with Crippen LogP contribution < -0.4 is 9.64 Å². The molecular formula is C22H17NO. The summed E-state index contributed by atoms with van der Waals surface area (Å²) in [6.07, 6.45) is 0. The van der Waals surface area contributed by atoms with E-state index in [1.54, 1.807) is 0 Å². The Morgan fingerprint density at radius 3 is 2.25 bits per heavy atom. The van der Waals surface area contributed by atoms with Gasteiger partial charge in [0.2, 0.25) is 0 Å². The van der Waals surface area contributed by atoms with Crippen molar-refractivity contribution in [3.8, 4) is 5.75 Å². The zero-order valence-corrected chi connectivity index (χ0v) is 13.3. The van der Waals surface area contributed by atoms with E-state index in [4.69, 9.17) is 4.74 Å². The van der Waals surface area contributed by atoms with Crippen LogP contribution in [0.1, 0.15) is 5.56 Å². The van der Waals surface area contributed by atoms with Crippen LogP contribution in [0.15, 0.2) is 78.9 Å². The van der Waals surface area contributed by atoms with Gasteiger partial charge in [0.05, 0.1) is 6.54 Å². The molecule has 0 fully saturated rings. The highest BCUT2D eigenvalue weighted by molar-refractivity contribution is 5.95. The second-order valence-corrected chi connectivity index (χ2v) is 6.23. The monoisotopic (exact) mass is 311 g/mol. The van der Waals surface area contributed by atoms with Crippen molar-refractivity contribution in [2.75, 3.05) is 11.6 Å². The molecule has 24 heavy (non-hydrogen) atoms. The SMILES string of the molecule is c1ccc2c(N3COc4ccc5ccccc5c4C3)cccc2c1. The number of hydrogen-bond acceptors (Lipinski definition) is 2. The Bertz CT molecular complexity index is 1050. The molecule has 0 saturated carbocycles. The van der Waals surface area contributed by atoms with Crippen molar-refractivity contribution in [3.63, 3.8) is 0 Å². The highest BCUT2D eigenvalue weighted by atomic mass is 16.5. The summed E-state index contributed by atoms with van der Waals surface area (Å²) in [4.78, 5) is 2.32. The molecule has 5 rings (SSSR count). The van der Waals surface area contributed by atoms with E-state index in [9.17, 15) is 0 Å². The fourth-order valence-electron chi connectivity index (χ4n) is 3.64. The van der Waals surface area contributed by atoms with E-state index in [-0.39, 0.29) is 0 Å². The smallest absolute Gasteiger partial charge is 0.161 e. The first-order chi connectivity index (χ1) is 11.9. The lowest BCUT2D eigenvalue weighted by molar-refractivity contribution is 0.291. The van der Waals surface area contributed by atoms with Crippen molar-refractivity contribution in [1.29, 1.82) is 0 Å². The summed E-state index contributed by atoms with van der Waals surface area (Å²) < 4.78 is 6.07. The zero-order chi connectivity index (χ0) is 15.9. The summed E-state index contributed by atoms with van der Waals surface area (Å²) in [6.45, 7) is 1.45. The molecule has 0 aliphatic carbocycles. The second-order valence-electron chi connectivity index (χ2n) is 6.23. The van der Waals surface area contributed by atoms with Crippen LogP contribution in [-0.2, 0) is 6.54 Å². The topological polar surface area (TPSA) is 12.5 Å². The van der Waals surface area contributed by atoms with Crippen molar-refractivity contribution in [2.24, 2.45) is 0 Å². The first-order valence-electron chi connectivity index (χ1n) is 8.26. The molecule has 0 amide bonds. The third-order valence-corrected chi connectivity index (χ3v) is 4.83. The van der Waals surface area contributed by atoms with Gasteiger partial charge in [-0.05, 0) is 28.3 Å². The van der Waals surface area contributed by atoms with Gasteiger partial charge < -0.3 is 9.64 Å². The van der Waals surface area contributed by atoms with Gasteiger partial charge in [0, 0.05) is 16.6 Å². The summed E-state index contributed by atoms with van der Waals surface area (Å²) in [7, 11) is 0. The molecule has 2 nitrogen and oxygen atoms in total. The van der Waals surface area contributed by atoms with Crippen LogP contribution in [0.25, 0.3) is 21.5 Å². The molecule has 0 spiro atoms. The lowest BCUT2D eigenvalue weighted by Gasteiger charge is -2.32. The van der Waals surface area contributed by atoms with E-state index < -0.39 is 0 Å². The fraction of sp³-hybridized carbons (Fsp3) is 0.0909. The minimum Gasteiger partial charge on any atom is -0.473 e. The third kappa shape index (κ3) is 2.04. The minimum absolute atomic E-state index is 0.583. The minimum atomic E-state index is 0.583. The van der Waals surface area contributed by atoms with Crippen molar-refractivity contribution in [1.82, 2.24) is 0 Å². The predicted octanol–water partition coefficient (Wildman–Crippen LogP) is 5.35. The fourth-order valence-corrected chi connectivity index (χ4v) is 3.64. The molecule has 1 heterocycles. The lowest BCUT2D eigenvalue weighted by atomic mass is 10.0. The Labute approximate surface area is 140 Å². The van der Waals surface area contributed by atoms with Crippen LogP contribution in [0.5, 0.6) is 5.75 Å². The number of fused-ring (bicyclic) bond motifs is 4. The molecule has 0 unspecified atom stereocenters. The van der Waals surface area contributed by atoms with Crippen molar-refractivity contribution >= 4 is 27.2 Å². The van der Waals surface area contributed by atoms with Gasteiger partial charge in [0.1, 0.15) is 5.75 Å². The number of benzene rings is 4. The highest BCUT2D eigenvalue weighted by Gasteiger charge is 2.20. The van der Waals surface area contributed by atoms with Crippen LogP contribution in [0, 0.1) is 0 Å². The van der Waals surface area contributed by atoms with Crippen LogP contribution in [0.2, 0.25) is 0 Å². The molecule has 116 valence electrons. The van der Waals surface area contributed by atoms with E-state index in [0.29, 0.717) is 6.73 Å². The van der Waals surface area contributed by atoms with Gasteiger partial charge in [0.15, 0.2) is 6.73 Å². The van der Waals surface area contributed by atoms with Crippen LogP contribution in [-0.4, -0.2) is 6.73 Å². The molecular weight excluding hydrogens is 294 g/mol. The van der Waals surface area contributed by atoms with Crippen molar-refractivity contribution < 1.29 is 4.74 Å². The Kier molecular flexibility index (Phi) is 2.95. The molecule has 0 bridgehead atoms. The average molecular weight is 311 g/mol. The van der Waals surface area contributed by atoms with Gasteiger partial charge in [-0.25, -0.2) is 0 Å². The number of anilines is 1. The number of hydrogen-bond donors (Lipinski definition) is 0. The Morgan fingerprint density at radius 1 is 0.667 bits per heavy atom.